The molecule has 0 N–H and O–H groups in total. The highest BCUT2D eigenvalue weighted by molar-refractivity contribution is 7.99. The molecule has 0 aromatic heterocycles. The highest BCUT2D eigenvalue weighted by Crippen LogP contribution is 2.09. The van der Waals surface area contributed by atoms with E-state index in [0.717, 1.165) is 0 Å². The molecule has 0 saturated carbocycles. The molecule has 0 aliphatic heterocycles. The summed E-state index contributed by atoms with van der Waals surface area (Å²) in [6, 6.07) is 0. The fraction of sp³-hybridized carbons (Fsp3) is 0.800. The van der Waals surface area contributed by atoms with E-state index in [2.05, 4.69) is 26.8 Å². The molecular formula is C10H20S. The van der Waals surface area contributed by atoms with Gasteiger partial charge in [-0.05, 0) is 44.6 Å². The van der Waals surface area contributed by atoms with Crippen LogP contribution in [0.2, 0.25) is 0 Å². The van der Waals surface area contributed by atoms with Gasteiger partial charge in [-0.1, -0.05) is 18.6 Å². The average Bonchev–Trinajstić information content (AvgIpc) is 2.04. The van der Waals surface area contributed by atoms with Crippen LogP contribution in [-0.4, -0.2) is 11.5 Å². The topological polar surface area (TPSA) is 0 Å². The van der Waals surface area contributed by atoms with E-state index in [0.29, 0.717) is 0 Å². The third kappa shape index (κ3) is 7.99. The van der Waals surface area contributed by atoms with Crippen molar-refractivity contribution in [1.29, 1.82) is 0 Å². The maximum Gasteiger partial charge on any atom is -0.00675 e. The summed E-state index contributed by atoms with van der Waals surface area (Å²) in [5.41, 5.74) is 1.53. The standard InChI is InChI=1S/C10H20S/c1-4-10(3)8-6-7-9-11-5-2/h4H,5-9H2,1-3H3. The van der Waals surface area contributed by atoms with E-state index in [1.54, 1.807) is 0 Å². The lowest BCUT2D eigenvalue weighted by atomic mass is 10.1. The Morgan fingerprint density at radius 2 is 2.09 bits per heavy atom. The van der Waals surface area contributed by atoms with E-state index in [9.17, 15) is 0 Å². The van der Waals surface area contributed by atoms with Crippen LogP contribution in [0.25, 0.3) is 0 Å². The Hall–Kier alpha value is 0.0900. The van der Waals surface area contributed by atoms with Gasteiger partial charge in [-0.3, -0.25) is 0 Å². The molecule has 0 bridgehead atoms. The average molecular weight is 172 g/mol. The summed E-state index contributed by atoms with van der Waals surface area (Å²) < 4.78 is 0. The van der Waals surface area contributed by atoms with Gasteiger partial charge in [-0.2, -0.15) is 11.8 Å². The molecule has 0 rings (SSSR count). The van der Waals surface area contributed by atoms with Gasteiger partial charge in [0.05, 0.1) is 0 Å². The molecule has 0 aromatic rings. The number of unbranched alkanes of at least 4 members (excludes halogenated alkanes) is 1. The van der Waals surface area contributed by atoms with Gasteiger partial charge in [-0.25, -0.2) is 0 Å². The summed E-state index contributed by atoms with van der Waals surface area (Å²) >= 11 is 2.05. The van der Waals surface area contributed by atoms with E-state index in [-0.39, 0.29) is 0 Å². The Morgan fingerprint density at radius 1 is 1.36 bits per heavy atom. The van der Waals surface area contributed by atoms with Crippen molar-refractivity contribution >= 4 is 11.8 Å². The maximum absolute atomic E-state index is 2.22. The Kier molecular flexibility index (Phi) is 8.26. The Bertz CT molecular complexity index is 105. The molecule has 0 nitrogen and oxygen atoms in total. The fourth-order valence-electron chi connectivity index (χ4n) is 0.897. The SMILES string of the molecule is CC=C(C)CCCCSCC. The zero-order valence-corrected chi connectivity index (χ0v) is 8.84. The number of allylic oxidation sites excluding steroid dienone is 2. The predicted molar refractivity (Wildman–Crippen MR) is 56.3 cm³/mol. The summed E-state index contributed by atoms with van der Waals surface area (Å²) in [7, 11) is 0. The Balaban J connectivity index is 3.02. The monoisotopic (exact) mass is 172 g/mol. The van der Waals surface area contributed by atoms with Crippen LogP contribution >= 0.6 is 11.8 Å². The van der Waals surface area contributed by atoms with Gasteiger partial charge >= 0.3 is 0 Å². The lowest BCUT2D eigenvalue weighted by Crippen LogP contribution is -1.82. The molecule has 0 fully saturated rings. The molecule has 0 aliphatic rings. The maximum atomic E-state index is 2.22. The normalized spacial score (nSPS) is 12.1. The number of rotatable bonds is 6. The van der Waals surface area contributed by atoms with Crippen LogP contribution in [0.15, 0.2) is 11.6 Å². The van der Waals surface area contributed by atoms with Crippen LogP contribution in [0, 0.1) is 0 Å². The summed E-state index contributed by atoms with van der Waals surface area (Å²) in [6.45, 7) is 6.56. The minimum atomic E-state index is 1.27. The van der Waals surface area contributed by atoms with Crippen LogP contribution in [0.3, 0.4) is 0 Å². The van der Waals surface area contributed by atoms with Crippen LogP contribution in [0.1, 0.15) is 40.0 Å². The van der Waals surface area contributed by atoms with Crippen molar-refractivity contribution in [3.05, 3.63) is 11.6 Å². The van der Waals surface area contributed by atoms with Crippen LogP contribution in [0.4, 0.5) is 0 Å². The van der Waals surface area contributed by atoms with Crippen LogP contribution in [0.5, 0.6) is 0 Å². The first-order valence-electron chi connectivity index (χ1n) is 4.50. The first-order chi connectivity index (χ1) is 5.31. The molecular weight excluding hydrogens is 152 g/mol. The number of hydrogen-bond acceptors (Lipinski definition) is 1. The van der Waals surface area contributed by atoms with Gasteiger partial charge in [0.2, 0.25) is 0 Å². The first kappa shape index (κ1) is 11.1. The zero-order valence-electron chi connectivity index (χ0n) is 8.02. The Labute approximate surface area is 75.5 Å². The van der Waals surface area contributed by atoms with Crippen molar-refractivity contribution in [3.8, 4) is 0 Å². The highest BCUT2D eigenvalue weighted by Gasteiger charge is 1.89. The van der Waals surface area contributed by atoms with Gasteiger partial charge in [0.25, 0.3) is 0 Å². The van der Waals surface area contributed by atoms with E-state index < -0.39 is 0 Å². The molecule has 0 atom stereocenters. The molecule has 11 heavy (non-hydrogen) atoms. The van der Waals surface area contributed by atoms with Gasteiger partial charge in [-0.15, -0.1) is 0 Å². The van der Waals surface area contributed by atoms with Crippen molar-refractivity contribution in [2.45, 2.75) is 40.0 Å². The lowest BCUT2D eigenvalue weighted by molar-refractivity contribution is 0.793. The van der Waals surface area contributed by atoms with E-state index in [1.807, 2.05) is 11.8 Å². The summed E-state index contributed by atoms with van der Waals surface area (Å²) in [5.74, 6) is 2.61. The smallest absolute Gasteiger partial charge is 0.00675 e. The molecule has 0 radical (unpaired) electrons. The van der Waals surface area contributed by atoms with Crippen molar-refractivity contribution in [2.24, 2.45) is 0 Å². The minimum absolute atomic E-state index is 1.27. The largest absolute Gasteiger partial charge is 0.162 e. The summed E-state index contributed by atoms with van der Waals surface area (Å²) in [6.07, 6.45) is 6.25. The fourth-order valence-corrected chi connectivity index (χ4v) is 1.59. The second kappa shape index (κ2) is 8.19. The molecule has 66 valence electrons. The van der Waals surface area contributed by atoms with Gasteiger partial charge in [0.15, 0.2) is 0 Å². The second-order valence-electron chi connectivity index (χ2n) is 2.79. The lowest BCUT2D eigenvalue weighted by Gasteiger charge is -1.99. The summed E-state index contributed by atoms with van der Waals surface area (Å²) in [4.78, 5) is 0. The highest BCUT2D eigenvalue weighted by atomic mass is 32.2. The van der Waals surface area contributed by atoms with Crippen molar-refractivity contribution in [1.82, 2.24) is 0 Å². The van der Waals surface area contributed by atoms with E-state index >= 15 is 0 Å². The molecule has 0 aromatic carbocycles. The van der Waals surface area contributed by atoms with Gasteiger partial charge < -0.3 is 0 Å². The molecule has 0 saturated heterocycles. The molecule has 0 aliphatic carbocycles. The number of hydrogen-bond donors (Lipinski definition) is 0. The molecule has 0 spiro atoms. The predicted octanol–water partition coefficient (Wildman–Crippen LogP) is 3.88. The van der Waals surface area contributed by atoms with E-state index in [4.69, 9.17) is 0 Å². The molecule has 0 amide bonds. The van der Waals surface area contributed by atoms with Crippen molar-refractivity contribution < 1.29 is 0 Å². The van der Waals surface area contributed by atoms with E-state index in [1.165, 1.54) is 36.3 Å². The first-order valence-corrected chi connectivity index (χ1v) is 5.66. The quantitative estimate of drug-likeness (QED) is 0.433. The third-order valence-electron chi connectivity index (χ3n) is 1.81. The van der Waals surface area contributed by atoms with Crippen LogP contribution in [-0.2, 0) is 0 Å². The molecule has 1 heteroatoms. The zero-order chi connectivity index (χ0) is 8.53. The van der Waals surface area contributed by atoms with Crippen LogP contribution < -0.4 is 0 Å². The van der Waals surface area contributed by atoms with Crippen molar-refractivity contribution in [3.63, 3.8) is 0 Å². The third-order valence-corrected chi connectivity index (χ3v) is 2.79. The summed E-state index contributed by atoms with van der Waals surface area (Å²) in [5, 5.41) is 0. The minimum Gasteiger partial charge on any atom is -0.162 e. The molecule has 0 heterocycles. The van der Waals surface area contributed by atoms with Crippen molar-refractivity contribution in [2.75, 3.05) is 11.5 Å². The van der Waals surface area contributed by atoms with Gasteiger partial charge in [0.1, 0.15) is 0 Å². The number of thioether (sulfide) groups is 1. The second-order valence-corrected chi connectivity index (χ2v) is 4.18. The Morgan fingerprint density at radius 3 is 2.64 bits per heavy atom. The molecule has 0 unspecified atom stereocenters. The van der Waals surface area contributed by atoms with Gasteiger partial charge in [0, 0.05) is 0 Å².